The van der Waals surface area contributed by atoms with Crippen LogP contribution in [0.25, 0.3) is 0 Å². The number of hydrogen-bond donors (Lipinski definition) is 2. The molecule has 1 saturated carbocycles. The molecule has 1 aliphatic rings. The molecule has 1 amide bonds. The maximum absolute atomic E-state index is 12.3. The van der Waals surface area contributed by atoms with Gasteiger partial charge in [-0.2, -0.15) is 0 Å². The number of nitrogens with zero attached hydrogens (tertiary/aromatic N) is 1. The fraction of sp³-hybridized carbons (Fsp3) is 0.467. The number of aliphatic carboxylic acids is 1. The highest BCUT2D eigenvalue weighted by Gasteiger charge is 2.66. The summed E-state index contributed by atoms with van der Waals surface area (Å²) in [5, 5.41) is 18.5. The van der Waals surface area contributed by atoms with Gasteiger partial charge in [-0.3, -0.25) is 9.59 Å². The zero-order valence-corrected chi connectivity index (χ0v) is 11.8. The van der Waals surface area contributed by atoms with E-state index in [4.69, 9.17) is 5.11 Å². The maximum Gasteiger partial charge on any atom is 0.307 e. The van der Waals surface area contributed by atoms with Crippen LogP contribution in [0.5, 0.6) is 5.75 Å². The van der Waals surface area contributed by atoms with Crippen LogP contribution in [0.15, 0.2) is 24.3 Å². The maximum atomic E-state index is 12.3. The lowest BCUT2D eigenvalue weighted by molar-refractivity contribution is -0.141. The molecule has 2 unspecified atom stereocenters. The Hall–Kier alpha value is -2.04. The second kappa shape index (κ2) is 4.81. The van der Waals surface area contributed by atoms with Gasteiger partial charge >= 0.3 is 5.97 Å². The number of benzene rings is 1. The highest BCUT2D eigenvalue weighted by molar-refractivity contribution is 5.91. The molecular formula is C15H19NO4. The Morgan fingerprint density at radius 3 is 2.45 bits per heavy atom. The molecule has 2 rings (SSSR count). The van der Waals surface area contributed by atoms with E-state index in [0.29, 0.717) is 6.54 Å². The Morgan fingerprint density at radius 2 is 1.95 bits per heavy atom. The van der Waals surface area contributed by atoms with Crippen molar-refractivity contribution in [3.05, 3.63) is 29.8 Å². The normalized spacial score (nSPS) is 23.1. The number of carbonyl (C=O) groups is 2. The van der Waals surface area contributed by atoms with E-state index >= 15 is 0 Å². The van der Waals surface area contributed by atoms with Gasteiger partial charge in [0, 0.05) is 13.6 Å². The smallest absolute Gasteiger partial charge is 0.307 e. The Kier molecular flexibility index (Phi) is 3.46. The molecular weight excluding hydrogens is 258 g/mol. The van der Waals surface area contributed by atoms with Crippen LogP contribution in [0.1, 0.15) is 19.4 Å². The van der Waals surface area contributed by atoms with E-state index in [-0.39, 0.29) is 11.7 Å². The fourth-order valence-electron chi connectivity index (χ4n) is 2.80. The summed E-state index contributed by atoms with van der Waals surface area (Å²) in [5.74, 6) is -2.01. The van der Waals surface area contributed by atoms with Crippen molar-refractivity contribution in [1.82, 2.24) is 4.90 Å². The lowest BCUT2D eigenvalue weighted by Crippen LogP contribution is -2.29. The molecule has 2 atom stereocenters. The standard InChI is InChI=1S/C15H19NO4/c1-15(2)11(12(15)14(19)20)13(18)16(3)8-9-5-4-6-10(17)7-9/h4-7,11-12,17H,8H2,1-3H3,(H,19,20). The Labute approximate surface area is 117 Å². The zero-order chi connectivity index (χ0) is 15.1. The first-order valence-corrected chi connectivity index (χ1v) is 6.51. The van der Waals surface area contributed by atoms with Crippen molar-refractivity contribution in [2.75, 3.05) is 7.05 Å². The minimum atomic E-state index is -0.917. The van der Waals surface area contributed by atoms with Crippen LogP contribution in [0.2, 0.25) is 0 Å². The van der Waals surface area contributed by atoms with Crippen molar-refractivity contribution in [2.24, 2.45) is 17.3 Å². The third-order valence-electron chi connectivity index (χ3n) is 4.07. The molecule has 2 N–H and O–H groups in total. The summed E-state index contributed by atoms with van der Waals surface area (Å²) in [6.07, 6.45) is 0. The summed E-state index contributed by atoms with van der Waals surface area (Å²) in [7, 11) is 1.65. The number of carbonyl (C=O) groups excluding carboxylic acids is 1. The second-order valence-electron chi connectivity index (χ2n) is 5.98. The van der Waals surface area contributed by atoms with E-state index in [1.54, 1.807) is 39.1 Å². The number of phenolic OH excluding ortho intramolecular Hbond substituents is 1. The average molecular weight is 277 g/mol. The van der Waals surface area contributed by atoms with E-state index in [1.807, 2.05) is 6.07 Å². The van der Waals surface area contributed by atoms with Crippen LogP contribution in [-0.2, 0) is 16.1 Å². The molecule has 1 aromatic rings. The topological polar surface area (TPSA) is 77.8 Å². The van der Waals surface area contributed by atoms with Crippen LogP contribution in [-0.4, -0.2) is 34.0 Å². The first-order valence-electron chi connectivity index (χ1n) is 6.51. The molecule has 1 aliphatic carbocycles. The number of phenols is 1. The Balaban J connectivity index is 2.05. The fourth-order valence-corrected chi connectivity index (χ4v) is 2.80. The third-order valence-corrected chi connectivity index (χ3v) is 4.07. The van der Waals surface area contributed by atoms with Crippen molar-refractivity contribution in [1.29, 1.82) is 0 Å². The molecule has 0 aromatic heterocycles. The number of carboxylic acids is 1. The first-order chi connectivity index (χ1) is 9.25. The van der Waals surface area contributed by atoms with Gasteiger partial charge in [-0.15, -0.1) is 0 Å². The lowest BCUT2D eigenvalue weighted by Gasteiger charge is -2.18. The summed E-state index contributed by atoms with van der Waals surface area (Å²) in [4.78, 5) is 25.0. The number of rotatable bonds is 4. The molecule has 0 radical (unpaired) electrons. The van der Waals surface area contributed by atoms with Gasteiger partial charge in [-0.05, 0) is 23.1 Å². The molecule has 1 aromatic carbocycles. The first kappa shape index (κ1) is 14.4. The summed E-state index contributed by atoms with van der Waals surface area (Å²) in [6, 6.07) is 6.69. The molecule has 5 nitrogen and oxygen atoms in total. The SMILES string of the molecule is CN(Cc1cccc(O)c1)C(=O)C1C(C(=O)O)C1(C)C. The largest absolute Gasteiger partial charge is 0.508 e. The van der Waals surface area contributed by atoms with Crippen LogP contribution < -0.4 is 0 Å². The molecule has 5 heteroatoms. The summed E-state index contributed by atoms with van der Waals surface area (Å²) >= 11 is 0. The van der Waals surface area contributed by atoms with Gasteiger partial charge < -0.3 is 15.1 Å². The van der Waals surface area contributed by atoms with E-state index in [2.05, 4.69) is 0 Å². The Bertz CT molecular complexity index is 553. The summed E-state index contributed by atoms with van der Waals surface area (Å²) < 4.78 is 0. The van der Waals surface area contributed by atoms with Crippen molar-refractivity contribution in [3.8, 4) is 5.75 Å². The van der Waals surface area contributed by atoms with Crippen molar-refractivity contribution in [2.45, 2.75) is 20.4 Å². The van der Waals surface area contributed by atoms with Crippen LogP contribution >= 0.6 is 0 Å². The monoisotopic (exact) mass is 277 g/mol. The molecule has 0 heterocycles. The van der Waals surface area contributed by atoms with Crippen molar-refractivity contribution < 1.29 is 19.8 Å². The molecule has 0 aliphatic heterocycles. The van der Waals surface area contributed by atoms with Gasteiger partial charge in [-0.25, -0.2) is 0 Å². The van der Waals surface area contributed by atoms with Gasteiger partial charge in [0.25, 0.3) is 0 Å². The van der Waals surface area contributed by atoms with Crippen LogP contribution in [0.4, 0.5) is 0 Å². The van der Waals surface area contributed by atoms with Gasteiger partial charge in [0.05, 0.1) is 11.8 Å². The third kappa shape index (κ3) is 2.48. The highest BCUT2D eigenvalue weighted by atomic mass is 16.4. The highest BCUT2D eigenvalue weighted by Crippen LogP contribution is 2.58. The van der Waals surface area contributed by atoms with E-state index in [9.17, 15) is 14.7 Å². The number of aromatic hydroxyl groups is 1. The second-order valence-corrected chi connectivity index (χ2v) is 5.98. The molecule has 0 bridgehead atoms. The van der Waals surface area contributed by atoms with E-state index in [0.717, 1.165) is 5.56 Å². The molecule has 108 valence electrons. The molecule has 1 fully saturated rings. The van der Waals surface area contributed by atoms with Gasteiger partial charge in [0.1, 0.15) is 5.75 Å². The summed E-state index contributed by atoms with van der Waals surface area (Å²) in [5.41, 5.74) is 0.321. The molecule has 20 heavy (non-hydrogen) atoms. The number of hydrogen-bond acceptors (Lipinski definition) is 3. The van der Waals surface area contributed by atoms with Crippen molar-refractivity contribution >= 4 is 11.9 Å². The predicted octanol–water partition coefficient (Wildman–Crippen LogP) is 1.71. The number of carboxylic acid groups (broad SMARTS) is 1. The average Bonchev–Trinajstić information content (AvgIpc) is 2.91. The predicted molar refractivity (Wildman–Crippen MR) is 73.0 cm³/mol. The molecule has 0 saturated heterocycles. The van der Waals surface area contributed by atoms with E-state index < -0.39 is 23.2 Å². The Morgan fingerprint density at radius 1 is 1.30 bits per heavy atom. The minimum absolute atomic E-state index is 0.151. The zero-order valence-electron chi connectivity index (χ0n) is 11.8. The van der Waals surface area contributed by atoms with Crippen LogP contribution in [0.3, 0.4) is 0 Å². The van der Waals surface area contributed by atoms with Gasteiger partial charge in [-0.1, -0.05) is 26.0 Å². The number of amides is 1. The minimum Gasteiger partial charge on any atom is -0.508 e. The van der Waals surface area contributed by atoms with Gasteiger partial charge in [0.2, 0.25) is 5.91 Å². The quantitative estimate of drug-likeness (QED) is 0.878. The van der Waals surface area contributed by atoms with E-state index in [1.165, 1.54) is 4.90 Å². The van der Waals surface area contributed by atoms with Crippen molar-refractivity contribution in [3.63, 3.8) is 0 Å². The van der Waals surface area contributed by atoms with Crippen LogP contribution in [0, 0.1) is 17.3 Å². The lowest BCUT2D eigenvalue weighted by atomic mass is 10.1. The molecule has 0 spiro atoms. The summed E-state index contributed by atoms with van der Waals surface area (Å²) in [6.45, 7) is 3.96. The van der Waals surface area contributed by atoms with Gasteiger partial charge in [0.15, 0.2) is 0 Å².